The van der Waals surface area contributed by atoms with Gasteiger partial charge in [-0.3, -0.25) is 4.79 Å². The predicted molar refractivity (Wildman–Crippen MR) is 134 cm³/mol. The van der Waals surface area contributed by atoms with E-state index in [1.165, 1.54) is 41.4 Å². The quantitative estimate of drug-likeness (QED) is 0.211. The van der Waals surface area contributed by atoms with Gasteiger partial charge in [-0.25, -0.2) is 9.67 Å². The summed E-state index contributed by atoms with van der Waals surface area (Å²) in [5.41, 5.74) is 3.65. The molecule has 0 atom stereocenters. The Morgan fingerprint density at radius 1 is 1.00 bits per heavy atom. The van der Waals surface area contributed by atoms with Crippen LogP contribution in [0.1, 0.15) is 5.56 Å². The molecule has 0 radical (unpaired) electrons. The number of carbonyl (C=O) groups is 1. The molecule has 11 heteroatoms. The Morgan fingerprint density at radius 2 is 1.69 bits per heavy atom. The number of nitrogens with zero attached hydrogens (tertiary/aromatic N) is 3. The molecule has 0 aliphatic heterocycles. The van der Waals surface area contributed by atoms with Gasteiger partial charge in [0.2, 0.25) is 0 Å². The minimum absolute atomic E-state index is 0.324. The zero-order valence-electron chi connectivity index (χ0n) is 18.8. The minimum atomic E-state index is -4.75. The summed E-state index contributed by atoms with van der Waals surface area (Å²) in [6.07, 6.45) is -1.96. The van der Waals surface area contributed by atoms with Crippen LogP contribution in [-0.4, -0.2) is 27.0 Å². The van der Waals surface area contributed by atoms with Gasteiger partial charge in [-0.15, -0.1) is 30.9 Å². The molecule has 7 nitrogen and oxygen atoms in total. The SMILES string of the molecule is Cc1ccccc1N/C(S)=C/C(=O)Nc1ccc(-c2ncn(-c3ccc(OC(F)(F)F)cc3)n2)cc1. The Hall–Kier alpha value is -4.25. The number of amides is 1. The number of carbonyl (C=O) groups excluding carboxylic acids is 1. The van der Waals surface area contributed by atoms with Crippen LogP contribution in [0.3, 0.4) is 0 Å². The number of para-hydroxylation sites is 1. The van der Waals surface area contributed by atoms with E-state index in [1.54, 1.807) is 24.3 Å². The zero-order chi connectivity index (χ0) is 25.7. The molecule has 0 spiro atoms. The van der Waals surface area contributed by atoms with Crippen LogP contribution in [-0.2, 0) is 4.79 Å². The molecule has 1 amide bonds. The summed E-state index contributed by atoms with van der Waals surface area (Å²) in [4.78, 5) is 16.6. The summed E-state index contributed by atoms with van der Waals surface area (Å²) in [6.45, 7) is 1.95. The van der Waals surface area contributed by atoms with Crippen molar-refractivity contribution >= 4 is 29.9 Å². The molecule has 0 saturated carbocycles. The number of alkyl halides is 3. The van der Waals surface area contributed by atoms with E-state index in [9.17, 15) is 18.0 Å². The fourth-order valence-corrected chi connectivity index (χ4v) is 3.45. The minimum Gasteiger partial charge on any atom is -0.406 e. The van der Waals surface area contributed by atoms with Gasteiger partial charge in [0.05, 0.1) is 10.7 Å². The first-order valence-corrected chi connectivity index (χ1v) is 11.0. The highest BCUT2D eigenvalue weighted by atomic mass is 32.1. The van der Waals surface area contributed by atoms with Crippen molar-refractivity contribution in [3.05, 3.63) is 95.8 Å². The first kappa shape index (κ1) is 24.9. The molecule has 0 bridgehead atoms. The summed E-state index contributed by atoms with van der Waals surface area (Å²) in [5, 5.41) is 10.6. The number of aromatic nitrogens is 3. The normalized spacial score (nSPS) is 11.8. The average molecular weight is 512 g/mol. The Morgan fingerprint density at radius 3 is 2.36 bits per heavy atom. The second-order valence-electron chi connectivity index (χ2n) is 7.59. The molecule has 2 N–H and O–H groups in total. The monoisotopic (exact) mass is 511 g/mol. The molecule has 184 valence electrons. The van der Waals surface area contributed by atoms with Crippen molar-refractivity contribution in [2.75, 3.05) is 10.6 Å². The van der Waals surface area contributed by atoms with E-state index in [2.05, 4.69) is 38.1 Å². The number of ether oxygens (including phenoxy) is 1. The summed E-state index contributed by atoms with van der Waals surface area (Å²) in [5.74, 6) is -0.271. The predicted octanol–water partition coefficient (Wildman–Crippen LogP) is 5.96. The van der Waals surface area contributed by atoms with E-state index in [0.29, 0.717) is 27.8 Å². The second-order valence-corrected chi connectivity index (χ2v) is 8.07. The van der Waals surface area contributed by atoms with Crippen molar-refractivity contribution in [3.8, 4) is 22.8 Å². The average Bonchev–Trinajstić information content (AvgIpc) is 3.31. The van der Waals surface area contributed by atoms with Gasteiger partial charge in [-0.1, -0.05) is 18.2 Å². The highest BCUT2D eigenvalue weighted by molar-refractivity contribution is 7.84. The first-order valence-electron chi connectivity index (χ1n) is 10.6. The van der Waals surface area contributed by atoms with Gasteiger partial charge in [-0.05, 0) is 67.1 Å². The number of hydrogen-bond acceptors (Lipinski definition) is 6. The van der Waals surface area contributed by atoms with E-state index in [-0.39, 0.29) is 11.7 Å². The number of benzene rings is 3. The Bertz CT molecular complexity index is 1380. The molecule has 0 aliphatic carbocycles. The van der Waals surface area contributed by atoms with Crippen molar-refractivity contribution in [2.45, 2.75) is 13.3 Å². The second kappa shape index (κ2) is 10.6. The number of aryl methyl sites for hydroxylation is 1. The maximum Gasteiger partial charge on any atom is 0.573 e. The van der Waals surface area contributed by atoms with Gasteiger partial charge in [0, 0.05) is 23.0 Å². The summed E-state index contributed by atoms with van der Waals surface area (Å²) in [6, 6.07) is 19.8. The Labute approximate surface area is 210 Å². The summed E-state index contributed by atoms with van der Waals surface area (Å²) in [7, 11) is 0. The van der Waals surface area contributed by atoms with Crippen LogP contribution in [0, 0.1) is 6.92 Å². The number of hydrogen-bond donors (Lipinski definition) is 3. The number of rotatable bonds is 7. The van der Waals surface area contributed by atoms with Gasteiger partial charge in [0.15, 0.2) is 5.82 Å². The fraction of sp³-hybridized carbons (Fsp3) is 0.0800. The lowest BCUT2D eigenvalue weighted by Crippen LogP contribution is -2.17. The maximum atomic E-state index is 12.3. The lowest BCUT2D eigenvalue weighted by Gasteiger charge is -2.09. The maximum absolute atomic E-state index is 12.3. The highest BCUT2D eigenvalue weighted by Gasteiger charge is 2.31. The Balaban J connectivity index is 1.38. The van der Waals surface area contributed by atoms with Crippen LogP contribution in [0.2, 0.25) is 0 Å². The molecule has 4 aromatic rings. The van der Waals surface area contributed by atoms with E-state index in [0.717, 1.165) is 11.3 Å². The molecule has 36 heavy (non-hydrogen) atoms. The molecule has 1 aromatic heterocycles. The van der Waals surface area contributed by atoms with Crippen molar-refractivity contribution in [3.63, 3.8) is 0 Å². The van der Waals surface area contributed by atoms with Crippen LogP contribution >= 0.6 is 12.6 Å². The van der Waals surface area contributed by atoms with Gasteiger partial charge >= 0.3 is 6.36 Å². The molecule has 1 heterocycles. The summed E-state index contributed by atoms with van der Waals surface area (Å²) < 4.78 is 42.3. The van der Waals surface area contributed by atoms with Gasteiger partial charge in [-0.2, -0.15) is 0 Å². The molecule has 0 saturated heterocycles. The lowest BCUT2D eigenvalue weighted by atomic mass is 10.2. The van der Waals surface area contributed by atoms with Gasteiger partial charge in [0.1, 0.15) is 12.1 Å². The molecule has 0 fully saturated rings. The third-order valence-corrected chi connectivity index (χ3v) is 5.15. The number of halogens is 3. The van der Waals surface area contributed by atoms with Crippen molar-refractivity contribution in [1.29, 1.82) is 0 Å². The van der Waals surface area contributed by atoms with Crippen LogP contribution in [0.15, 0.2) is 90.2 Å². The topological polar surface area (TPSA) is 81.1 Å². The van der Waals surface area contributed by atoms with Crippen molar-refractivity contribution in [1.82, 2.24) is 14.8 Å². The third-order valence-electron chi connectivity index (χ3n) is 4.91. The molecule has 0 aliphatic rings. The van der Waals surface area contributed by atoms with Crippen LogP contribution < -0.4 is 15.4 Å². The van der Waals surface area contributed by atoms with Crippen molar-refractivity contribution in [2.24, 2.45) is 0 Å². The fourth-order valence-electron chi connectivity index (χ4n) is 3.21. The molecular formula is C25H20F3N5O2S. The van der Waals surface area contributed by atoms with E-state index in [4.69, 9.17) is 0 Å². The Kier molecular flexibility index (Phi) is 7.30. The van der Waals surface area contributed by atoms with Crippen LogP contribution in [0.5, 0.6) is 5.75 Å². The lowest BCUT2D eigenvalue weighted by molar-refractivity contribution is -0.274. The molecule has 3 aromatic carbocycles. The third kappa shape index (κ3) is 6.66. The standard InChI is InChI=1S/C25H20F3N5O2S/c1-16-4-2-3-5-21(16)31-23(36)14-22(34)30-18-8-6-17(7-9-18)24-29-15-33(32-24)19-10-12-20(13-11-19)35-25(26,27)28/h2-15,31,36H,1H3,(H,30,34)/b23-14-. The highest BCUT2D eigenvalue weighted by Crippen LogP contribution is 2.24. The largest absolute Gasteiger partial charge is 0.573 e. The van der Waals surface area contributed by atoms with Crippen molar-refractivity contribution < 1.29 is 22.7 Å². The van der Waals surface area contributed by atoms with E-state index in [1.807, 2.05) is 31.2 Å². The number of thiol groups is 1. The molecular weight excluding hydrogens is 491 g/mol. The van der Waals surface area contributed by atoms with E-state index >= 15 is 0 Å². The first-order chi connectivity index (χ1) is 17.2. The zero-order valence-corrected chi connectivity index (χ0v) is 19.7. The molecule has 0 unspecified atom stereocenters. The van der Waals surface area contributed by atoms with E-state index < -0.39 is 6.36 Å². The summed E-state index contributed by atoms with van der Waals surface area (Å²) >= 11 is 4.33. The van der Waals surface area contributed by atoms with Crippen LogP contribution in [0.4, 0.5) is 24.5 Å². The number of nitrogens with one attached hydrogen (secondary N) is 2. The van der Waals surface area contributed by atoms with Gasteiger partial charge in [0.25, 0.3) is 5.91 Å². The molecule has 4 rings (SSSR count). The van der Waals surface area contributed by atoms with Crippen LogP contribution in [0.25, 0.3) is 17.1 Å². The number of anilines is 2. The smallest absolute Gasteiger partial charge is 0.406 e. The van der Waals surface area contributed by atoms with Gasteiger partial charge < -0.3 is 15.4 Å².